The largest absolute Gasteiger partial charge is 0.314 e. The van der Waals surface area contributed by atoms with E-state index < -0.39 is 0 Å². The van der Waals surface area contributed by atoms with Crippen molar-refractivity contribution in [1.29, 1.82) is 0 Å². The summed E-state index contributed by atoms with van der Waals surface area (Å²) < 4.78 is 0. The Balaban J connectivity index is 1.69. The summed E-state index contributed by atoms with van der Waals surface area (Å²) >= 11 is 0. The van der Waals surface area contributed by atoms with E-state index in [0.29, 0.717) is 0 Å². The maximum Gasteiger partial charge on any atom is 0.00983 e. The number of aryl methyl sites for hydroxylation is 2. The van der Waals surface area contributed by atoms with Gasteiger partial charge < -0.3 is 5.32 Å². The second-order valence-corrected chi connectivity index (χ2v) is 6.37. The van der Waals surface area contributed by atoms with Gasteiger partial charge in [-0.25, -0.2) is 0 Å². The molecule has 0 aliphatic heterocycles. The van der Waals surface area contributed by atoms with Gasteiger partial charge in [0.1, 0.15) is 0 Å². The first-order chi connectivity index (χ1) is 9.36. The molecular weight excluding hydrogens is 230 g/mol. The lowest BCUT2D eigenvalue weighted by molar-refractivity contribution is 0.264. The fourth-order valence-corrected chi connectivity index (χ4v) is 4.04. The average Bonchev–Trinajstić information content (AvgIpc) is 2.89. The third kappa shape index (κ3) is 3.02. The maximum atomic E-state index is 3.71. The molecule has 0 amide bonds. The molecule has 1 N–H and O–H groups in total. The van der Waals surface area contributed by atoms with E-state index in [2.05, 4.69) is 30.4 Å². The summed E-state index contributed by atoms with van der Waals surface area (Å²) in [6.45, 7) is 3.35. The van der Waals surface area contributed by atoms with Crippen LogP contribution in [0.15, 0.2) is 18.2 Å². The van der Waals surface area contributed by atoms with Crippen LogP contribution in [0.5, 0.6) is 0 Å². The molecule has 1 nitrogen and oxygen atoms in total. The van der Waals surface area contributed by atoms with E-state index in [4.69, 9.17) is 0 Å². The molecular formula is C18H27N. The summed E-state index contributed by atoms with van der Waals surface area (Å²) in [5, 5.41) is 3.71. The lowest BCUT2D eigenvalue weighted by Gasteiger charge is -2.32. The Morgan fingerprint density at radius 1 is 1.05 bits per heavy atom. The quantitative estimate of drug-likeness (QED) is 0.863. The monoisotopic (exact) mass is 257 g/mol. The average molecular weight is 257 g/mol. The predicted octanol–water partition coefficient (Wildman–Crippen LogP) is 3.89. The summed E-state index contributed by atoms with van der Waals surface area (Å²) in [7, 11) is 0. The van der Waals surface area contributed by atoms with Gasteiger partial charge in [0.2, 0.25) is 0 Å². The van der Waals surface area contributed by atoms with E-state index in [1.807, 2.05) is 0 Å². The van der Waals surface area contributed by atoms with Gasteiger partial charge in [-0.05, 0) is 67.7 Å². The molecule has 0 aromatic heterocycles. The number of hydrogen-bond acceptors (Lipinski definition) is 1. The van der Waals surface area contributed by atoms with Crippen LogP contribution in [0.25, 0.3) is 0 Å². The predicted molar refractivity (Wildman–Crippen MR) is 81.6 cm³/mol. The van der Waals surface area contributed by atoms with Crippen molar-refractivity contribution in [1.82, 2.24) is 5.32 Å². The summed E-state index contributed by atoms with van der Waals surface area (Å²) in [6, 6.07) is 8.04. The van der Waals surface area contributed by atoms with E-state index in [1.165, 1.54) is 51.4 Å². The smallest absolute Gasteiger partial charge is 0.00983 e. The highest BCUT2D eigenvalue weighted by molar-refractivity contribution is 5.35. The third-order valence-electron chi connectivity index (χ3n) is 5.04. The molecule has 2 aliphatic carbocycles. The number of rotatable bonds is 4. The molecule has 2 atom stereocenters. The van der Waals surface area contributed by atoms with Crippen molar-refractivity contribution in [2.75, 3.05) is 6.54 Å². The molecule has 0 bridgehead atoms. The molecule has 0 saturated heterocycles. The summed E-state index contributed by atoms with van der Waals surface area (Å²) in [6.07, 6.45) is 10.9. The Morgan fingerprint density at radius 3 is 2.79 bits per heavy atom. The second kappa shape index (κ2) is 6.09. The van der Waals surface area contributed by atoms with Gasteiger partial charge >= 0.3 is 0 Å². The molecule has 3 rings (SSSR count). The highest BCUT2D eigenvalue weighted by atomic mass is 14.9. The van der Waals surface area contributed by atoms with Gasteiger partial charge in [0, 0.05) is 6.04 Å². The van der Waals surface area contributed by atoms with Crippen LogP contribution in [-0.4, -0.2) is 12.6 Å². The van der Waals surface area contributed by atoms with Crippen LogP contribution < -0.4 is 5.32 Å². The first-order valence-electron chi connectivity index (χ1n) is 8.21. The van der Waals surface area contributed by atoms with E-state index in [1.54, 1.807) is 16.7 Å². The van der Waals surface area contributed by atoms with Gasteiger partial charge in [0.05, 0.1) is 0 Å². The Hall–Kier alpha value is -0.820. The maximum absolute atomic E-state index is 3.71. The minimum absolute atomic E-state index is 0.756. The van der Waals surface area contributed by atoms with Crippen LogP contribution >= 0.6 is 0 Å². The molecule has 1 heteroatoms. The van der Waals surface area contributed by atoms with Crippen molar-refractivity contribution in [3.05, 3.63) is 34.9 Å². The Kier molecular flexibility index (Phi) is 4.22. The fourth-order valence-electron chi connectivity index (χ4n) is 4.04. The number of benzene rings is 1. The molecule has 2 unspecified atom stereocenters. The van der Waals surface area contributed by atoms with Gasteiger partial charge in [-0.1, -0.05) is 38.0 Å². The van der Waals surface area contributed by atoms with Crippen LogP contribution in [0, 0.1) is 5.92 Å². The minimum atomic E-state index is 0.756. The lowest BCUT2D eigenvalue weighted by Crippen LogP contribution is -2.39. The van der Waals surface area contributed by atoms with Crippen molar-refractivity contribution >= 4 is 0 Å². The molecule has 0 spiro atoms. The highest BCUT2D eigenvalue weighted by Crippen LogP contribution is 2.29. The summed E-state index contributed by atoms with van der Waals surface area (Å²) in [5.41, 5.74) is 4.82. The number of nitrogens with one attached hydrogen (secondary N) is 1. The SMILES string of the molecule is CCNC1CCCCC1Cc1ccc2c(c1)CCC2. The van der Waals surface area contributed by atoms with Crippen molar-refractivity contribution < 1.29 is 0 Å². The van der Waals surface area contributed by atoms with Crippen LogP contribution in [0.4, 0.5) is 0 Å². The zero-order valence-corrected chi connectivity index (χ0v) is 12.3. The standard InChI is InChI=1S/C18H27N/c1-2-19-18-9-4-3-6-17(18)13-14-10-11-15-7-5-8-16(15)12-14/h10-12,17-19H,2-9,13H2,1H3. The van der Waals surface area contributed by atoms with Crippen LogP contribution in [0.3, 0.4) is 0 Å². The molecule has 1 fully saturated rings. The molecule has 0 radical (unpaired) electrons. The van der Waals surface area contributed by atoms with Crippen molar-refractivity contribution in [3.63, 3.8) is 0 Å². The zero-order valence-electron chi connectivity index (χ0n) is 12.3. The highest BCUT2D eigenvalue weighted by Gasteiger charge is 2.24. The van der Waals surface area contributed by atoms with Gasteiger partial charge in [0.15, 0.2) is 0 Å². The lowest BCUT2D eigenvalue weighted by atomic mass is 9.80. The third-order valence-corrected chi connectivity index (χ3v) is 5.04. The van der Waals surface area contributed by atoms with Gasteiger partial charge in [0.25, 0.3) is 0 Å². The molecule has 19 heavy (non-hydrogen) atoms. The van der Waals surface area contributed by atoms with Crippen LogP contribution in [0.1, 0.15) is 55.7 Å². The summed E-state index contributed by atoms with van der Waals surface area (Å²) in [4.78, 5) is 0. The first kappa shape index (κ1) is 13.2. The summed E-state index contributed by atoms with van der Waals surface area (Å²) in [5.74, 6) is 0.855. The minimum Gasteiger partial charge on any atom is -0.314 e. The molecule has 0 heterocycles. The first-order valence-corrected chi connectivity index (χ1v) is 8.21. The normalized spacial score (nSPS) is 26.4. The zero-order chi connectivity index (χ0) is 13.1. The molecule has 104 valence electrons. The van der Waals surface area contributed by atoms with Crippen molar-refractivity contribution in [2.24, 2.45) is 5.92 Å². The van der Waals surface area contributed by atoms with E-state index in [0.717, 1.165) is 18.5 Å². The topological polar surface area (TPSA) is 12.0 Å². The van der Waals surface area contributed by atoms with Gasteiger partial charge in [-0.3, -0.25) is 0 Å². The second-order valence-electron chi connectivity index (χ2n) is 6.37. The number of fused-ring (bicyclic) bond motifs is 1. The molecule has 1 aromatic rings. The Morgan fingerprint density at radius 2 is 1.89 bits per heavy atom. The van der Waals surface area contributed by atoms with E-state index in [9.17, 15) is 0 Å². The van der Waals surface area contributed by atoms with Crippen LogP contribution in [0.2, 0.25) is 0 Å². The van der Waals surface area contributed by atoms with E-state index >= 15 is 0 Å². The van der Waals surface area contributed by atoms with Crippen molar-refractivity contribution in [2.45, 2.75) is 64.3 Å². The number of hydrogen-bond donors (Lipinski definition) is 1. The Bertz CT molecular complexity index is 422. The molecule has 2 aliphatic rings. The van der Waals surface area contributed by atoms with Gasteiger partial charge in [-0.15, -0.1) is 0 Å². The van der Waals surface area contributed by atoms with Crippen molar-refractivity contribution in [3.8, 4) is 0 Å². The van der Waals surface area contributed by atoms with E-state index in [-0.39, 0.29) is 0 Å². The van der Waals surface area contributed by atoms with Gasteiger partial charge in [-0.2, -0.15) is 0 Å². The molecule has 1 aromatic carbocycles. The molecule has 1 saturated carbocycles. The fraction of sp³-hybridized carbons (Fsp3) is 0.667. The Labute approximate surface area is 117 Å². The van der Waals surface area contributed by atoms with Crippen LogP contribution in [-0.2, 0) is 19.3 Å².